The summed E-state index contributed by atoms with van der Waals surface area (Å²) < 4.78 is 19.5. The highest BCUT2D eigenvalue weighted by Crippen LogP contribution is 2.42. The molecule has 130 valence electrons. The Bertz CT molecular complexity index is 791. The van der Waals surface area contributed by atoms with Crippen molar-refractivity contribution in [2.24, 2.45) is 5.41 Å². The lowest BCUT2D eigenvalue weighted by atomic mass is 9.68. The molecule has 0 aliphatic heterocycles. The number of carbonyl (C=O) groups excluding carboxylic acids is 1. The molecule has 1 amide bonds. The maximum absolute atomic E-state index is 14.1. The first-order chi connectivity index (χ1) is 12.0. The molecule has 1 aromatic carbocycles. The maximum Gasteiger partial charge on any atom is 0.319 e. The minimum Gasteiger partial charge on any atom is -0.484 e. The highest BCUT2D eigenvalue weighted by atomic mass is 19.1. The number of ether oxygens (including phenoxy) is 1. The number of amides is 1. The Morgan fingerprint density at radius 3 is 2.64 bits per heavy atom. The molecule has 1 saturated carbocycles. The van der Waals surface area contributed by atoms with E-state index in [1.165, 1.54) is 12.1 Å². The fraction of sp³-hybridized carbons (Fsp3) is 0.278. The number of rotatable bonds is 6. The minimum absolute atomic E-state index is 0.0280. The van der Waals surface area contributed by atoms with Gasteiger partial charge >= 0.3 is 5.97 Å². The van der Waals surface area contributed by atoms with Gasteiger partial charge in [-0.15, -0.1) is 0 Å². The minimum atomic E-state index is -1.40. The second kappa shape index (κ2) is 6.88. The highest BCUT2D eigenvalue weighted by molar-refractivity contribution is 6.09. The van der Waals surface area contributed by atoms with Crippen molar-refractivity contribution in [2.75, 3.05) is 5.32 Å². The van der Waals surface area contributed by atoms with E-state index in [2.05, 4.69) is 10.3 Å². The molecule has 1 fully saturated rings. The van der Waals surface area contributed by atoms with E-state index in [0.29, 0.717) is 25.0 Å². The van der Waals surface area contributed by atoms with Crippen molar-refractivity contribution in [1.29, 1.82) is 0 Å². The first-order valence-electron chi connectivity index (χ1n) is 7.88. The van der Waals surface area contributed by atoms with E-state index in [-0.39, 0.29) is 18.0 Å². The fourth-order valence-corrected chi connectivity index (χ4v) is 2.65. The zero-order valence-corrected chi connectivity index (χ0v) is 13.4. The molecule has 0 spiro atoms. The van der Waals surface area contributed by atoms with Gasteiger partial charge in [0, 0.05) is 18.0 Å². The Labute approximate surface area is 143 Å². The molecule has 0 radical (unpaired) electrons. The molecule has 6 nitrogen and oxygen atoms in total. The number of nitrogens with one attached hydrogen (secondary N) is 1. The van der Waals surface area contributed by atoms with Gasteiger partial charge in [-0.3, -0.25) is 14.6 Å². The molecule has 7 heteroatoms. The second-order valence-electron chi connectivity index (χ2n) is 5.95. The molecule has 1 heterocycles. The monoisotopic (exact) mass is 344 g/mol. The molecule has 3 rings (SSSR count). The van der Waals surface area contributed by atoms with Crippen molar-refractivity contribution in [1.82, 2.24) is 4.98 Å². The summed E-state index contributed by atoms with van der Waals surface area (Å²) in [5, 5.41) is 11.7. The van der Waals surface area contributed by atoms with Gasteiger partial charge < -0.3 is 15.2 Å². The van der Waals surface area contributed by atoms with Crippen molar-refractivity contribution < 1.29 is 23.8 Å². The number of benzene rings is 1. The Hall–Kier alpha value is -2.96. The van der Waals surface area contributed by atoms with E-state index >= 15 is 0 Å². The molecular weight excluding hydrogens is 327 g/mol. The number of anilines is 1. The van der Waals surface area contributed by atoms with Crippen LogP contribution in [0.2, 0.25) is 0 Å². The van der Waals surface area contributed by atoms with Gasteiger partial charge in [-0.2, -0.15) is 0 Å². The third-order valence-corrected chi connectivity index (χ3v) is 4.34. The number of nitrogens with zero attached hydrogens (tertiary/aromatic N) is 1. The lowest BCUT2D eigenvalue weighted by Crippen LogP contribution is -2.48. The number of carbonyl (C=O) groups is 2. The molecule has 25 heavy (non-hydrogen) atoms. The summed E-state index contributed by atoms with van der Waals surface area (Å²) in [5.74, 6) is -2.38. The topological polar surface area (TPSA) is 88.5 Å². The predicted octanol–water partition coefficient (Wildman–Crippen LogP) is 2.99. The van der Waals surface area contributed by atoms with Gasteiger partial charge in [0.15, 0.2) is 11.6 Å². The summed E-state index contributed by atoms with van der Waals surface area (Å²) in [6, 6.07) is 9.31. The van der Waals surface area contributed by atoms with E-state index < -0.39 is 23.1 Å². The van der Waals surface area contributed by atoms with Crippen LogP contribution in [0.1, 0.15) is 25.0 Å². The van der Waals surface area contributed by atoms with Crippen LogP contribution in [0.15, 0.2) is 42.6 Å². The van der Waals surface area contributed by atoms with Crippen LogP contribution in [0.5, 0.6) is 5.75 Å². The molecule has 1 aliphatic rings. The fourth-order valence-electron chi connectivity index (χ4n) is 2.65. The smallest absolute Gasteiger partial charge is 0.319 e. The molecule has 0 unspecified atom stereocenters. The normalized spacial score (nSPS) is 15.1. The Kier molecular flexibility index (Phi) is 4.65. The zero-order chi connectivity index (χ0) is 17.9. The summed E-state index contributed by atoms with van der Waals surface area (Å²) >= 11 is 0. The van der Waals surface area contributed by atoms with Gasteiger partial charge in [0.1, 0.15) is 12.0 Å². The molecule has 1 aromatic heterocycles. The summed E-state index contributed by atoms with van der Waals surface area (Å²) in [6.45, 7) is 0.117. The van der Waals surface area contributed by atoms with Crippen LogP contribution < -0.4 is 10.1 Å². The third-order valence-electron chi connectivity index (χ3n) is 4.34. The second-order valence-corrected chi connectivity index (χ2v) is 5.95. The first kappa shape index (κ1) is 16.9. The van der Waals surface area contributed by atoms with Crippen molar-refractivity contribution in [2.45, 2.75) is 25.9 Å². The van der Waals surface area contributed by atoms with Crippen LogP contribution in [0.4, 0.5) is 10.1 Å². The molecule has 0 atom stereocenters. The molecule has 0 bridgehead atoms. The van der Waals surface area contributed by atoms with E-state index in [9.17, 15) is 19.1 Å². The third kappa shape index (κ3) is 3.45. The van der Waals surface area contributed by atoms with Gasteiger partial charge in [0.05, 0.1) is 5.69 Å². The number of halogens is 1. The van der Waals surface area contributed by atoms with Crippen LogP contribution in [-0.2, 0) is 16.2 Å². The van der Waals surface area contributed by atoms with Gasteiger partial charge in [-0.05, 0) is 37.1 Å². The SMILES string of the molecule is O=C(O)C1(C(=O)Nc2ccc(OCc3ccccn3)c(F)c2)CCC1. The van der Waals surface area contributed by atoms with Crippen LogP contribution in [-0.4, -0.2) is 22.0 Å². The number of carboxylic acids is 1. The predicted molar refractivity (Wildman–Crippen MR) is 87.5 cm³/mol. The summed E-state index contributed by atoms with van der Waals surface area (Å²) in [5.41, 5.74) is -0.544. The van der Waals surface area contributed by atoms with Crippen LogP contribution in [0.25, 0.3) is 0 Å². The summed E-state index contributed by atoms with van der Waals surface area (Å²) in [7, 11) is 0. The van der Waals surface area contributed by atoms with E-state index in [4.69, 9.17) is 4.74 Å². The number of carboxylic acid groups (broad SMARTS) is 1. The van der Waals surface area contributed by atoms with Crippen molar-refractivity contribution in [3.05, 3.63) is 54.1 Å². The van der Waals surface area contributed by atoms with Gasteiger partial charge in [0.25, 0.3) is 0 Å². The zero-order valence-electron chi connectivity index (χ0n) is 13.4. The summed E-state index contributed by atoms with van der Waals surface area (Å²) in [6.07, 6.45) is 2.89. The first-order valence-corrected chi connectivity index (χ1v) is 7.88. The van der Waals surface area contributed by atoms with Crippen molar-refractivity contribution in [3.63, 3.8) is 0 Å². The van der Waals surface area contributed by atoms with Crippen molar-refractivity contribution in [3.8, 4) is 5.75 Å². The van der Waals surface area contributed by atoms with Gasteiger partial charge in [0.2, 0.25) is 5.91 Å². The number of hydrogen-bond donors (Lipinski definition) is 2. The Balaban J connectivity index is 1.65. The Morgan fingerprint density at radius 1 is 1.28 bits per heavy atom. The lowest BCUT2D eigenvalue weighted by molar-refractivity contribution is -0.159. The molecule has 2 N–H and O–H groups in total. The van der Waals surface area contributed by atoms with Crippen LogP contribution >= 0.6 is 0 Å². The number of hydrogen-bond acceptors (Lipinski definition) is 4. The largest absolute Gasteiger partial charge is 0.484 e. The Morgan fingerprint density at radius 2 is 2.08 bits per heavy atom. The summed E-state index contributed by atoms with van der Waals surface area (Å²) in [4.78, 5) is 27.6. The lowest BCUT2D eigenvalue weighted by Gasteiger charge is -2.35. The number of aromatic nitrogens is 1. The quantitative estimate of drug-likeness (QED) is 0.787. The van der Waals surface area contributed by atoms with E-state index in [1.807, 2.05) is 0 Å². The highest BCUT2D eigenvalue weighted by Gasteiger charge is 2.51. The molecule has 2 aromatic rings. The van der Waals surface area contributed by atoms with Crippen LogP contribution in [0.3, 0.4) is 0 Å². The van der Waals surface area contributed by atoms with E-state index in [0.717, 1.165) is 6.07 Å². The molecule has 1 aliphatic carbocycles. The van der Waals surface area contributed by atoms with Crippen molar-refractivity contribution >= 4 is 17.6 Å². The number of aliphatic carboxylic acids is 1. The van der Waals surface area contributed by atoms with E-state index in [1.54, 1.807) is 24.4 Å². The molecular formula is C18H17FN2O4. The maximum atomic E-state index is 14.1. The van der Waals surface area contributed by atoms with Gasteiger partial charge in [-0.25, -0.2) is 4.39 Å². The number of pyridine rings is 1. The van der Waals surface area contributed by atoms with Crippen LogP contribution in [0, 0.1) is 11.2 Å². The average Bonchev–Trinajstić information content (AvgIpc) is 2.53. The van der Waals surface area contributed by atoms with Gasteiger partial charge in [-0.1, -0.05) is 12.5 Å². The molecule has 0 saturated heterocycles. The standard InChI is InChI=1S/C18H17FN2O4/c19-14-10-12(21-16(22)18(17(23)24)7-3-8-18)5-6-15(14)25-11-13-4-1-2-9-20-13/h1-2,4-6,9-10H,3,7-8,11H2,(H,21,22)(H,23,24). The average molecular weight is 344 g/mol.